The molecule has 2 heteroatoms. The molecule has 1 atom stereocenters. The first kappa shape index (κ1) is 13.4. The molecule has 1 aromatic rings. The van der Waals surface area contributed by atoms with Crippen molar-refractivity contribution < 1.29 is 0 Å². The average molecular weight is 246 g/mol. The van der Waals surface area contributed by atoms with Gasteiger partial charge in [0.15, 0.2) is 0 Å². The molecule has 18 heavy (non-hydrogen) atoms. The lowest BCUT2D eigenvalue weighted by molar-refractivity contribution is 0.265. The van der Waals surface area contributed by atoms with Crippen molar-refractivity contribution in [3.05, 3.63) is 29.8 Å². The topological polar surface area (TPSA) is 29.3 Å². The zero-order chi connectivity index (χ0) is 13.0. The maximum atomic E-state index is 6.03. The zero-order valence-corrected chi connectivity index (χ0v) is 11.7. The summed E-state index contributed by atoms with van der Waals surface area (Å²) in [7, 11) is 0. The van der Waals surface area contributed by atoms with E-state index in [1.807, 2.05) is 12.1 Å². The molecule has 1 aliphatic heterocycles. The van der Waals surface area contributed by atoms with Crippen molar-refractivity contribution in [1.29, 1.82) is 0 Å². The van der Waals surface area contributed by atoms with Gasteiger partial charge in [0, 0.05) is 12.2 Å². The molecule has 0 amide bonds. The van der Waals surface area contributed by atoms with E-state index in [-0.39, 0.29) is 0 Å². The standard InChI is InChI=1S/C16H26N2/c1-13(2)14-7-5-10-18(11-9-14)12-15-6-3-4-8-16(15)17/h3-4,6,8,13-14H,5,7,9-12,17H2,1-2H3. The van der Waals surface area contributed by atoms with Crippen molar-refractivity contribution >= 4 is 5.69 Å². The summed E-state index contributed by atoms with van der Waals surface area (Å²) in [5.74, 6) is 1.73. The van der Waals surface area contributed by atoms with Crippen LogP contribution >= 0.6 is 0 Å². The fourth-order valence-electron chi connectivity index (χ4n) is 2.93. The van der Waals surface area contributed by atoms with E-state index in [2.05, 4.69) is 30.9 Å². The third-order valence-corrected chi connectivity index (χ3v) is 4.26. The van der Waals surface area contributed by atoms with Crippen LogP contribution in [0.2, 0.25) is 0 Å². The summed E-state index contributed by atoms with van der Waals surface area (Å²) in [5, 5.41) is 0. The summed E-state index contributed by atoms with van der Waals surface area (Å²) in [5.41, 5.74) is 8.24. The molecule has 0 bridgehead atoms. The molecule has 1 fully saturated rings. The summed E-state index contributed by atoms with van der Waals surface area (Å²) in [6, 6.07) is 8.25. The Bertz CT molecular complexity index is 373. The number of para-hydroxylation sites is 1. The van der Waals surface area contributed by atoms with Gasteiger partial charge in [0.05, 0.1) is 0 Å². The van der Waals surface area contributed by atoms with Gasteiger partial charge in [-0.15, -0.1) is 0 Å². The smallest absolute Gasteiger partial charge is 0.0359 e. The highest BCUT2D eigenvalue weighted by Crippen LogP contribution is 2.25. The van der Waals surface area contributed by atoms with Crippen LogP contribution in [0.5, 0.6) is 0 Å². The Morgan fingerprint density at radius 2 is 2.00 bits per heavy atom. The maximum absolute atomic E-state index is 6.03. The monoisotopic (exact) mass is 246 g/mol. The van der Waals surface area contributed by atoms with Gasteiger partial charge in [-0.2, -0.15) is 0 Å². The summed E-state index contributed by atoms with van der Waals surface area (Å²) >= 11 is 0. The van der Waals surface area contributed by atoms with Crippen LogP contribution in [-0.4, -0.2) is 18.0 Å². The van der Waals surface area contributed by atoms with Crippen LogP contribution in [0.15, 0.2) is 24.3 Å². The van der Waals surface area contributed by atoms with Gasteiger partial charge in [-0.05, 0) is 55.8 Å². The predicted octanol–water partition coefficient (Wildman–Crippen LogP) is 3.53. The summed E-state index contributed by atoms with van der Waals surface area (Å²) < 4.78 is 0. The lowest BCUT2D eigenvalue weighted by atomic mass is 9.89. The third-order valence-electron chi connectivity index (χ3n) is 4.26. The van der Waals surface area contributed by atoms with Gasteiger partial charge >= 0.3 is 0 Å². The second kappa shape index (κ2) is 6.24. The normalized spacial score (nSPS) is 22.1. The van der Waals surface area contributed by atoms with E-state index < -0.39 is 0 Å². The molecular weight excluding hydrogens is 220 g/mol. The Morgan fingerprint density at radius 3 is 2.72 bits per heavy atom. The summed E-state index contributed by atoms with van der Waals surface area (Å²) in [4.78, 5) is 2.56. The van der Waals surface area contributed by atoms with Crippen LogP contribution in [0, 0.1) is 11.8 Å². The van der Waals surface area contributed by atoms with Crippen molar-refractivity contribution in [1.82, 2.24) is 4.90 Å². The first-order valence-electron chi connectivity index (χ1n) is 7.22. The number of rotatable bonds is 3. The van der Waals surface area contributed by atoms with Gasteiger partial charge in [-0.1, -0.05) is 32.0 Å². The molecular formula is C16H26N2. The molecule has 2 nitrogen and oxygen atoms in total. The van der Waals surface area contributed by atoms with Gasteiger partial charge in [0.2, 0.25) is 0 Å². The molecule has 2 N–H and O–H groups in total. The van der Waals surface area contributed by atoms with Crippen molar-refractivity contribution in [2.24, 2.45) is 11.8 Å². The largest absolute Gasteiger partial charge is 0.398 e. The van der Waals surface area contributed by atoms with E-state index in [0.717, 1.165) is 24.1 Å². The van der Waals surface area contributed by atoms with Crippen molar-refractivity contribution in [2.75, 3.05) is 18.8 Å². The third kappa shape index (κ3) is 3.49. The molecule has 2 rings (SSSR count). The second-order valence-corrected chi connectivity index (χ2v) is 5.91. The molecule has 100 valence electrons. The summed E-state index contributed by atoms with van der Waals surface area (Å²) in [6.07, 6.45) is 4.05. The first-order valence-corrected chi connectivity index (χ1v) is 7.22. The van der Waals surface area contributed by atoms with E-state index in [4.69, 9.17) is 5.73 Å². The number of hydrogen-bond donors (Lipinski definition) is 1. The van der Waals surface area contributed by atoms with Crippen molar-refractivity contribution in [2.45, 2.75) is 39.7 Å². The molecule has 1 aliphatic rings. The van der Waals surface area contributed by atoms with Crippen LogP contribution in [0.25, 0.3) is 0 Å². The number of anilines is 1. The summed E-state index contributed by atoms with van der Waals surface area (Å²) in [6.45, 7) is 8.16. The zero-order valence-electron chi connectivity index (χ0n) is 11.7. The van der Waals surface area contributed by atoms with Gasteiger partial charge in [-0.3, -0.25) is 4.90 Å². The van der Waals surface area contributed by atoms with E-state index in [1.54, 1.807) is 0 Å². The van der Waals surface area contributed by atoms with Crippen LogP contribution in [-0.2, 0) is 6.54 Å². The quantitative estimate of drug-likeness (QED) is 0.827. The number of nitrogens with two attached hydrogens (primary N) is 1. The van der Waals surface area contributed by atoms with E-state index in [1.165, 1.54) is 37.9 Å². The molecule has 0 aromatic heterocycles. The highest BCUT2D eigenvalue weighted by atomic mass is 15.1. The SMILES string of the molecule is CC(C)C1CCCN(Cc2ccccc2N)CC1. The highest BCUT2D eigenvalue weighted by molar-refractivity contribution is 5.46. The van der Waals surface area contributed by atoms with Crippen LogP contribution in [0.3, 0.4) is 0 Å². The maximum Gasteiger partial charge on any atom is 0.0359 e. The molecule has 1 aromatic carbocycles. The van der Waals surface area contributed by atoms with E-state index in [9.17, 15) is 0 Å². The number of nitrogen functional groups attached to an aromatic ring is 1. The molecule has 0 aliphatic carbocycles. The average Bonchev–Trinajstić information content (AvgIpc) is 2.58. The van der Waals surface area contributed by atoms with E-state index in [0.29, 0.717) is 0 Å². The number of hydrogen-bond acceptors (Lipinski definition) is 2. The molecule has 1 heterocycles. The Balaban J connectivity index is 1.93. The Labute approximate surface area is 111 Å². The van der Waals surface area contributed by atoms with Crippen molar-refractivity contribution in [3.63, 3.8) is 0 Å². The molecule has 1 saturated heterocycles. The number of benzene rings is 1. The number of likely N-dealkylation sites (tertiary alicyclic amines) is 1. The van der Waals surface area contributed by atoms with Gasteiger partial charge in [0.25, 0.3) is 0 Å². The van der Waals surface area contributed by atoms with Crippen LogP contribution < -0.4 is 5.73 Å². The first-order chi connectivity index (χ1) is 8.66. The predicted molar refractivity (Wildman–Crippen MR) is 78.3 cm³/mol. The minimum absolute atomic E-state index is 0.826. The van der Waals surface area contributed by atoms with Crippen LogP contribution in [0.1, 0.15) is 38.7 Å². The minimum atomic E-state index is 0.826. The Morgan fingerprint density at radius 1 is 1.22 bits per heavy atom. The second-order valence-electron chi connectivity index (χ2n) is 5.91. The molecule has 1 unspecified atom stereocenters. The van der Waals surface area contributed by atoms with Gasteiger partial charge < -0.3 is 5.73 Å². The lowest BCUT2D eigenvalue weighted by Crippen LogP contribution is -2.25. The Hall–Kier alpha value is -1.02. The fourth-order valence-corrected chi connectivity index (χ4v) is 2.93. The molecule has 0 radical (unpaired) electrons. The van der Waals surface area contributed by atoms with Crippen molar-refractivity contribution in [3.8, 4) is 0 Å². The van der Waals surface area contributed by atoms with E-state index >= 15 is 0 Å². The Kier molecular flexibility index (Phi) is 4.65. The molecule has 0 saturated carbocycles. The number of nitrogens with zero attached hydrogens (tertiary/aromatic N) is 1. The van der Waals surface area contributed by atoms with Crippen LogP contribution in [0.4, 0.5) is 5.69 Å². The van der Waals surface area contributed by atoms with Gasteiger partial charge in [-0.25, -0.2) is 0 Å². The highest BCUT2D eigenvalue weighted by Gasteiger charge is 2.19. The molecule has 0 spiro atoms. The lowest BCUT2D eigenvalue weighted by Gasteiger charge is -2.22. The fraction of sp³-hybridized carbons (Fsp3) is 0.625. The minimum Gasteiger partial charge on any atom is -0.398 e. The van der Waals surface area contributed by atoms with Gasteiger partial charge in [0.1, 0.15) is 0 Å².